The minimum atomic E-state index is -0.0900. The van der Waals surface area contributed by atoms with Gasteiger partial charge in [-0.2, -0.15) is 5.10 Å². The van der Waals surface area contributed by atoms with Crippen molar-refractivity contribution in [2.24, 2.45) is 0 Å². The maximum absolute atomic E-state index is 5.85. The number of aromatic nitrogens is 5. The van der Waals surface area contributed by atoms with Gasteiger partial charge in [-0.1, -0.05) is 20.3 Å². The van der Waals surface area contributed by atoms with Gasteiger partial charge in [-0.25, -0.2) is 4.98 Å². The lowest BCUT2D eigenvalue weighted by Gasteiger charge is -2.30. The maximum atomic E-state index is 5.85. The lowest BCUT2D eigenvalue weighted by molar-refractivity contribution is -0.0393. The molecule has 2 aromatic heterocycles. The first-order chi connectivity index (χ1) is 11.7. The van der Waals surface area contributed by atoms with Crippen molar-refractivity contribution in [3.63, 3.8) is 0 Å². The van der Waals surface area contributed by atoms with Crippen LogP contribution < -0.4 is 0 Å². The molecule has 0 spiro atoms. The fourth-order valence-electron chi connectivity index (χ4n) is 3.04. The molecule has 1 atom stereocenters. The number of nitrogens with one attached hydrogen (secondary N) is 1. The van der Waals surface area contributed by atoms with E-state index < -0.39 is 0 Å². The van der Waals surface area contributed by atoms with Crippen LogP contribution in [0.4, 0.5) is 0 Å². The molecule has 0 aromatic carbocycles. The SMILES string of the molecule is CC(C)c1n[nH]c(C2CN(Cc3nnc(C4CCC4)o3)CCO2)n1. The molecule has 4 rings (SSSR count). The zero-order valence-electron chi connectivity index (χ0n) is 14.2. The molecule has 1 N–H and O–H groups in total. The number of morpholine rings is 1. The third-order valence-electron chi connectivity index (χ3n) is 4.79. The molecule has 8 heteroatoms. The standard InChI is InChI=1S/C16H24N6O2/c1-10(2)14-17-15(20-19-14)12-8-22(6-7-23-12)9-13-18-21-16(24-13)11-4-3-5-11/h10-12H,3-9H2,1-2H3,(H,17,19,20). The molecule has 1 aliphatic carbocycles. The molecule has 0 bridgehead atoms. The highest BCUT2D eigenvalue weighted by Gasteiger charge is 2.28. The molecule has 2 aliphatic rings. The molecule has 24 heavy (non-hydrogen) atoms. The van der Waals surface area contributed by atoms with E-state index in [1.807, 2.05) is 0 Å². The average Bonchev–Trinajstić information content (AvgIpc) is 3.16. The van der Waals surface area contributed by atoms with Crippen molar-refractivity contribution in [1.82, 2.24) is 30.3 Å². The van der Waals surface area contributed by atoms with E-state index in [1.165, 1.54) is 19.3 Å². The van der Waals surface area contributed by atoms with Crippen molar-refractivity contribution in [1.29, 1.82) is 0 Å². The smallest absolute Gasteiger partial charge is 0.230 e. The van der Waals surface area contributed by atoms with Gasteiger partial charge in [-0.3, -0.25) is 10.00 Å². The first kappa shape index (κ1) is 15.7. The van der Waals surface area contributed by atoms with Crippen LogP contribution in [-0.2, 0) is 11.3 Å². The van der Waals surface area contributed by atoms with Crippen LogP contribution in [0, 0.1) is 0 Å². The fraction of sp³-hybridized carbons (Fsp3) is 0.750. The number of hydrogen-bond acceptors (Lipinski definition) is 7. The van der Waals surface area contributed by atoms with Gasteiger partial charge in [0.2, 0.25) is 11.8 Å². The van der Waals surface area contributed by atoms with E-state index in [2.05, 4.69) is 44.1 Å². The van der Waals surface area contributed by atoms with E-state index in [0.29, 0.717) is 30.9 Å². The molecule has 8 nitrogen and oxygen atoms in total. The van der Waals surface area contributed by atoms with Crippen LogP contribution in [0.3, 0.4) is 0 Å². The molecule has 1 aliphatic heterocycles. The van der Waals surface area contributed by atoms with Crippen LogP contribution in [0.15, 0.2) is 4.42 Å². The number of aromatic amines is 1. The second kappa shape index (κ2) is 6.60. The highest BCUT2D eigenvalue weighted by molar-refractivity contribution is 5.00. The molecular weight excluding hydrogens is 308 g/mol. The molecule has 1 saturated heterocycles. The predicted octanol–water partition coefficient (Wildman–Crippen LogP) is 2.15. The Hall–Kier alpha value is -1.80. The third kappa shape index (κ3) is 3.21. The summed E-state index contributed by atoms with van der Waals surface area (Å²) < 4.78 is 11.7. The van der Waals surface area contributed by atoms with Crippen molar-refractivity contribution in [3.05, 3.63) is 23.4 Å². The molecule has 130 valence electrons. The Kier molecular flexibility index (Phi) is 4.32. The normalized spacial score (nSPS) is 22.9. The van der Waals surface area contributed by atoms with Gasteiger partial charge in [0, 0.05) is 24.9 Å². The summed E-state index contributed by atoms with van der Waals surface area (Å²) in [5.74, 6) is 3.90. The molecule has 0 radical (unpaired) electrons. The molecule has 1 saturated carbocycles. The highest BCUT2D eigenvalue weighted by atomic mass is 16.5. The van der Waals surface area contributed by atoms with E-state index in [4.69, 9.17) is 9.15 Å². The van der Waals surface area contributed by atoms with Gasteiger partial charge in [0.25, 0.3) is 0 Å². The molecule has 2 aromatic rings. The van der Waals surface area contributed by atoms with Crippen LogP contribution in [-0.4, -0.2) is 50.0 Å². The largest absolute Gasteiger partial charge is 0.424 e. The number of nitrogens with zero attached hydrogens (tertiary/aromatic N) is 5. The monoisotopic (exact) mass is 332 g/mol. The summed E-state index contributed by atoms with van der Waals surface area (Å²) in [6.07, 6.45) is 3.52. The molecule has 2 fully saturated rings. The molecule has 3 heterocycles. The summed E-state index contributed by atoms with van der Waals surface area (Å²) in [6.45, 7) is 7.07. The minimum Gasteiger partial charge on any atom is -0.424 e. The van der Waals surface area contributed by atoms with Gasteiger partial charge in [-0.05, 0) is 12.8 Å². The summed E-state index contributed by atoms with van der Waals surface area (Å²) >= 11 is 0. The number of H-pyrrole nitrogens is 1. The van der Waals surface area contributed by atoms with Crippen LogP contribution in [0.2, 0.25) is 0 Å². The summed E-state index contributed by atoms with van der Waals surface area (Å²) in [7, 11) is 0. The topological polar surface area (TPSA) is 93.0 Å². The predicted molar refractivity (Wildman–Crippen MR) is 85.3 cm³/mol. The minimum absolute atomic E-state index is 0.0900. The Labute approximate surface area is 141 Å². The Balaban J connectivity index is 1.38. The Morgan fingerprint density at radius 2 is 2.17 bits per heavy atom. The quantitative estimate of drug-likeness (QED) is 0.896. The van der Waals surface area contributed by atoms with Gasteiger partial charge in [0.15, 0.2) is 11.6 Å². The zero-order chi connectivity index (χ0) is 16.5. The summed E-state index contributed by atoms with van der Waals surface area (Å²) in [4.78, 5) is 6.82. The first-order valence-corrected chi connectivity index (χ1v) is 8.77. The lowest BCUT2D eigenvalue weighted by atomic mass is 9.85. The summed E-state index contributed by atoms with van der Waals surface area (Å²) in [5, 5.41) is 15.7. The summed E-state index contributed by atoms with van der Waals surface area (Å²) in [6, 6.07) is 0. The van der Waals surface area contributed by atoms with Crippen molar-refractivity contribution in [3.8, 4) is 0 Å². The van der Waals surface area contributed by atoms with E-state index in [0.717, 1.165) is 30.6 Å². The van der Waals surface area contributed by atoms with E-state index >= 15 is 0 Å². The van der Waals surface area contributed by atoms with Crippen molar-refractivity contribution in [2.45, 2.75) is 57.6 Å². The Morgan fingerprint density at radius 1 is 1.29 bits per heavy atom. The van der Waals surface area contributed by atoms with Gasteiger partial charge in [0.05, 0.1) is 13.2 Å². The molecule has 0 amide bonds. The van der Waals surface area contributed by atoms with Crippen LogP contribution in [0.1, 0.15) is 74.5 Å². The maximum Gasteiger partial charge on any atom is 0.230 e. The van der Waals surface area contributed by atoms with Gasteiger partial charge in [-0.15, -0.1) is 10.2 Å². The van der Waals surface area contributed by atoms with Crippen LogP contribution >= 0.6 is 0 Å². The van der Waals surface area contributed by atoms with E-state index in [-0.39, 0.29) is 6.10 Å². The summed E-state index contributed by atoms with van der Waals surface area (Å²) in [5.41, 5.74) is 0. The van der Waals surface area contributed by atoms with Gasteiger partial charge in [0.1, 0.15) is 6.10 Å². The van der Waals surface area contributed by atoms with E-state index in [1.54, 1.807) is 0 Å². The average molecular weight is 332 g/mol. The van der Waals surface area contributed by atoms with Gasteiger partial charge >= 0.3 is 0 Å². The fourth-order valence-corrected chi connectivity index (χ4v) is 3.04. The second-order valence-corrected chi connectivity index (χ2v) is 6.99. The van der Waals surface area contributed by atoms with Crippen LogP contribution in [0.5, 0.6) is 0 Å². The number of rotatable bonds is 5. The first-order valence-electron chi connectivity index (χ1n) is 8.77. The Morgan fingerprint density at radius 3 is 2.88 bits per heavy atom. The lowest BCUT2D eigenvalue weighted by Crippen LogP contribution is -2.38. The number of ether oxygens (including phenoxy) is 1. The van der Waals surface area contributed by atoms with E-state index in [9.17, 15) is 0 Å². The third-order valence-corrected chi connectivity index (χ3v) is 4.79. The van der Waals surface area contributed by atoms with Crippen molar-refractivity contribution < 1.29 is 9.15 Å². The second-order valence-electron chi connectivity index (χ2n) is 6.99. The molecule has 1 unspecified atom stereocenters. The van der Waals surface area contributed by atoms with Crippen LogP contribution in [0.25, 0.3) is 0 Å². The Bertz CT molecular complexity index is 678. The zero-order valence-corrected chi connectivity index (χ0v) is 14.2. The highest BCUT2D eigenvalue weighted by Crippen LogP contribution is 2.35. The van der Waals surface area contributed by atoms with Crippen molar-refractivity contribution in [2.75, 3.05) is 19.7 Å². The number of hydrogen-bond donors (Lipinski definition) is 1. The van der Waals surface area contributed by atoms with Crippen molar-refractivity contribution >= 4 is 0 Å². The molecular formula is C16H24N6O2. The van der Waals surface area contributed by atoms with Gasteiger partial charge < -0.3 is 9.15 Å².